The molecule has 2 aromatic rings. The van der Waals surface area contributed by atoms with Gasteiger partial charge in [0.25, 0.3) is 0 Å². The van der Waals surface area contributed by atoms with Gasteiger partial charge in [0.1, 0.15) is 6.61 Å². The number of carbonyl (C=O) groups is 1. The highest BCUT2D eigenvalue weighted by Gasteiger charge is 2.49. The fraction of sp³-hybridized carbons (Fsp3) is 0.519. The second-order valence-electron chi connectivity index (χ2n) is 9.68. The molecule has 3 aliphatic rings. The fourth-order valence-corrected chi connectivity index (χ4v) is 6.19. The van der Waals surface area contributed by atoms with Gasteiger partial charge < -0.3 is 19.5 Å². The lowest BCUT2D eigenvalue weighted by Gasteiger charge is -2.43. The normalized spacial score (nSPS) is 26.1. The Morgan fingerprint density at radius 1 is 1.00 bits per heavy atom. The fourth-order valence-electron chi connectivity index (χ4n) is 6.19. The molecule has 1 amide bonds. The first kappa shape index (κ1) is 21.5. The first-order valence-corrected chi connectivity index (χ1v) is 11.9. The molecule has 2 bridgehead atoms. The summed E-state index contributed by atoms with van der Waals surface area (Å²) in [5.74, 6) is 0.0755. The van der Waals surface area contributed by atoms with Crippen molar-refractivity contribution in [1.82, 2.24) is 4.90 Å². The van der Waals surface area contributed by atoms with E-state index in [1.165, 1.54) is 22.3 Å². The smallest absolute Gasteiger partial charge is 0.410 e. The maximum Gasteiger partial charge on any atom is 0.410 e. The lowest BCUT2D eigenvalue weighted by atomic mass is 9.82. The van der Waals surface area contributed by atoms with E-state index in [1.807, 2.05) is 4.90 Å². The van der Waals surface area contributed by atoms with E-state index in [0.717, 1.165) is 38.7 Å². The average molecular weight is 436 g/mol. The van der Waals surface area contributed by atoms with Crippen LogP contribution in [0.5, 0.6) is 0 Å². The van der Waals surface area contributed by atoms with Gasteiger partial charge in [-0.05, 0) is 67.2 Å². The van der Waals surface area contributed by atoms with Crippen LogP contribution in [0.4, 0.5) is 4.79 Å². The topological polar surface area (TPSA) is 59.0 Å². The van der Waals surface area contributed by atoms with E-state index in [9.17, 15) is 9.90 Å². The highest BCUT2D eigenvalue weighted by Crippen LogP contribution is 2.46. The molecule has 1 aliphatic carbocycles. The Bertz CT molecular complexity index is 914. The molecule has 0 radical (unpaired) electrons. The molecule has 2 saturated heterocycles. The van der Waals surface area contributed by atoms with Gasteiger partial charge in [-0.15, -0.1) is 0 Å². The number of benzene rings is 2. The van der Waals surface area contributed by atoms with Crippen LogP contribution < -0.4 is 0 Å². The predicted octanol–water partition coefficient (Wildman–Crippen LogP) is 5.11. The van der Waals surface area contributed by atoms with Gasteiger partial charge in [0.2, 0.25) is 0 Å². The van der Waals surface area contributed by atoms with Crippen molar-refractivity contribution in [1.29, 1.82) is 0 Å². The number of ether oxygens (including phenoxy) is 2. The third-order valence-electron chi connectivity index (χ3n) is 7.64. The molecule has 170 valence electrons. The van der Waals surface area contributed by atoms with Crippen LogP contribution in [-0.4, -0.2) is 54.1 Å². The monoisotopic (exact) mass is 435 g/mol. The summed E-state index contributed by atoms with van der Waals surface area (Å²) >= 11 is 0. The summed E-state index contributed by atoms with van der Waals surface area (Å²) in [6.07, 6.45) is 5.69. The standard InChI is InChI=1S/C27H33NO4/c1-31-15-7-6-14-27(30)16-19-12-13-20(17-27)28(19)26(29)32-18-25-23-10-4-2-8-21(23)22-9-3-5-11-24(22)25/h2-5,8-11,19-20,25,30H,6-7,12-18H2,1H3. The van der Waals surface area contributed by atoms with Crippen molar-refractivity contribution >= 4 is 6.09 Å². The number of piperidine rings is 1. The van der Waals surface area contributed by atoms with Crippen LogP contribution in [0, 0.1) is 0 Å². The third-order valence-corrected chi connectivity index (χ3v) is 7.64. The zero-order chi connectivity index (χ0) is 22.1. The van der Waals surface area contributed by atoms with E-state index < -0.39 is 5.60 Å². The Labute approximate surface area is 190 Å². The number of aliphatic hydroxyl groups is 1. The number of methoxy groups -OCH3 is 1. The minimum Gasteiger partial charge on any atom is -0.448 e. The molecule has 5 rings (SSSR count). The zero-order valence-electron chi connectivity index (χ0n) is 18.8. The van der Waals surface area contributed by atoms with Crippen LogP contribution in [0.2, 0.25) is 0 Å². The summed E-state index contributed by atoms with van der Waals surface area (Å²) in [6.45, 7) is 1.08. The summed E-state index contributed by atoms with van der Waals surface area (Å²) in [7, 11) is 1.71. The SMILES string of the molecule is COCCCCC1(O)CC2CCC(C1)N2C(=O)OCC1c2ccccc2-c2ccccc21. The highest BCUT2D eigenvalue weighted by atomic mass is 16.6. The quantitative estimate of drug-likeness (QED) is 0.614. The number of hydrogen-bond acceptors (Lipinski definition) is 4. The van der Waals surface area contributed by atoms with Crippen molar-refractivity contribution in [2.75, 3.05) is 20.3 Å². The van der Waals surface area contributed by atoms with E-state index in [-0.39, 0.29) is 24.1 Å². The van der Waals surface area contributed by atoms with Crippen molar-refractivity contribution in [2.45, 2.75) is 68.5 Å². The van der Waals surface area contributed by atoms with Gasteiger partial charge >= 0.3 is 6.09 Å². The minimum atomic E-state index is -0.667. The Kier molecular flexibility index (Phi) is 5.95. The Morgan fingerprint density at radius 3 is 2.19 bits per heavy atom. The van der Waals surface area contributed by atoms with Gasteiger partial charge in [0, 0.05) is 31.7 Å². The summed E-state index contributed by atoms with van der Waals surface area (Å²) in [6, 6.07) is 17.0. The van der Waals surface area contributed by atoms with Crippen LogP contribution in [0.25, 0.3) is 11.1 Å². The van der Waals surface area contributed by atoms with E-state index in [2.05, 4.69) is 48.5 Å². The summed E-state index contributed by atoms with van der Waals surface area (Å²) in [4.78, 5) is 15.1. The molecule has 2 unspecified atom stereocenters. The molecule has 2 fully saturated rings. The second kappa shape index (κ2) is 8.87. The zero-order valence-corrected chi connectivity index (χ0v) is 18.8. The van der Waals surface area contributed by atoms with Gasteiger partial charge in [-0.1, -0.05) is 48.5 Å². The molecule has 0 spiro atoms. The van der Waals surface area contributed by atoms with Crippen molar-refractivity contribution in [3.05, 3.63) is 59.7 Å². The summed E-state index contributed by atoms with van der Waals surface area (Å²) in [5.41, 5.74) is 4.27. The van der Waals surface area contributed by atoms with E-state index in [1.54, 1.807) is 7.11 Å². The minimum absolute atomic E-state index is 0.0755. The van der Waals surface area contributed by atoms with Crippen molar-refractivity contribution < 1.29 is 19.4 Å². The number of hydrogen-bond donors (Lipinski definition) is 1. The summed E-state index contributed by atoms with van der Waals surface area (Å²) < 4.78 is 11.1. The molecule has 0 aromatic heterocycles. The first-order valence-electron chi connectivity index (χ1n) is 11.9. The molecule has 5 heteroatoms. The number of carbonyl (C=O) groups excluding carboxylic acids is 1. The van der Waals surface area contributed by atoms with Gasteiger partial charge in [-0.25, -0.2) is 4.79 Å². The predicted molar refractivity (Wildman–Crippen MR) is 124 cm³/mol. The lowest BCUT2D eigenvalue weighted by molar-refractivity contribution is -0.0553. The molecular weight excluding hydrogens is 402 g/mol. The van der Waals surface area contributed by atoms with Gasteiger partial charge in [-0.3, -0.25) is 0 Å². The molecule has 2 aromatic carbocycles. The van der Waals surface area contributed by atoms with Gasteiger partial charge in [-0.2, -0.15) is 0 Å². The Balaban J connectivity index is 1.23. The molecule has 2 atom stereocenters. The lowest BCUT2D eigenvalue weighted by Crippen LogP contribution is -2.53. The van der Waals surface area contributed by atoms with Gasteiger partial charge in [0.05, 0.1) is 5.60 Å². The molecule has 2 heterocycles. The second-order valence-corrected chi connectivity index (χ2v) is 9.68. The first-order chi connectivity index (χ1) is 15.6. The molecule has 2 aliphatic heterocycles. The average Bonchev–Trinajstić information content (AvgIpc) is 3.28. The van der Waals surface area contributed by atoms with Crippen LogP contribution >= 0.6 is 0 Å². The van der Waals surface area contributed by atoms with Crippen molar-refractivity contribution in [3.63, 3.8) is 0 Å². The van der Waals surface area contributed by atoms with Crippen molar-refractivity contribution in [2.24, 2.45) is 0 Å². The highest BCUT2D eigenvalue weighted by molar-refractivity contribution is 5.79. The molecule has 5 nitrogen and oxygen atoms in total. The Morgan fingerprint density at radius 2 is 1.59 bits per heavy atom. The number of unbranched alkanes of at least 4 members (excludes halogenated alkanes) is 1. The number of amides is 1. The third kappa shape index (κ3) is 3.93. The maximum absolute atomic E-state index is 13.2. The van der Waals surface area contributed by atoms with Crippen LogP contribution in [0.3, 0.4) is 0 Å². The van der Waals surface area contributed by atoms with E-state index in [0.29, 0.717) is 19.4 Å². The molecule has 0 saturated carbocycles. The van der Waals surface area contributed by atoms with E-state index in [4.69, 9.17) is 9.47 Å². The maximum atomic E-state index is 13.2. The molecular formula is C27H33NO4. The molecule has 1 N–H and O–H groups in total. The Hall–Kier alpha value is -2.37. The van der Waals surface area contributed by atoms with E-state index >= 15 is 0 Å². The molecule has 32 heavy (non-hydrogen) atoms. The van der Waals surface area contributed by atoms with Crippen molar-refractivity contribution in [3.8, 4) is 11.1 Å². The number of nitrogens with zero attached hydrogens (tertiary/aromatic N) is 1. The van der Waals surface area contributed by atoms with Crippen LogP contribution in [0.1, 0.15) is 62.0 Å². The number of fused-ring (bicyclic) bond motifs is 5. The van der Waals surface area contributed by atoms with Crippen LogP contribution in [0.15, 0.2) is 48.5 Å². The number of rotatable bonds is 7. The van der Waals surface area contributed by atoms with Crippen LogP contribution in [-0.2, 0) is 9.47 Å². The largest absolute Gasteiger partial charge is 0.448 e. The van der Waals surface area contributed by atoms with Gasteiger partial charge in [0.15, 0.2) is 0 Å². The summed E-state index contributed by atoms with van der Waals surface area (Å²) in [5, 5.41) is 11.2.